The molecule has 0 heterocycles. The Kier molecular flexibility index (Phi) is 164. The van der Waals surface area contributed by atoms with Crippen LogP contribution in [0.5, 0.6) is 0 Å². The zero-order valence-corrected chi connectivity index (χ0v) is 5.40. The minimum Gasteiger partial charge on any atom is -0.545 e. The van der Waals surface area contributed by atoms with Gasteiger partial charge in [-0.1, -0.05) is 0 Å². The fourth-order valence-electron chi connectivity index (χ4n) is 0. The van der Waals surface area contributed by atoms with Gasteiger partial charge < -0.3 is 4.79 Å². The molecular formula is CHFeOZr-. The second kappa shape index (κ2) is 33.4. The Labute approximate surface area is 54.7 Å². The van der Waals surface area contributed by atoms with Gasteiger partial charge in [0.15, 0.2) is 0 Å². The molecule has 0 N–H and O–H groups in total. The van der Waals surface area contributed by atoms with Crippen LogP contribution in [0.3, 0.4) is 0 Å². The van der Waals surface area contributed by atoms with E-state index in [4.69, 9.17) is 4.79 Å². The van der Waals surface area contributed by atoms with Gasteiger partial charge in [0.1, 0.15) is 0 Å². The topological polar surface area (TPSA) is 17.1 Å². The molecule has 0 radical (unpaired) electrons. The molecule has 0 aromatic carbocycles. The number of rotatable bonds is 0. The molecule has 1 nitrogen and oxygen atoms in total. The standard InChI is InChI=1S/CHO.Fe.Zr/c1-2;;/h1H;;/q-1;;. The van der Waals surface area contributed by atoms with E-state index in [0.29, 0.717) is 0 Å². The van der Waals surface area contributed by atoms with Crippen molar-refractivity contribution in [2.75, 3.05) is 0 Å². The summed E-state index contributed by atoms with van der Waals surface area (Å²) in [5.74, 6) is 0. The second-order valence-corrected chi connectivity index (χ2v) is 0. The van der Waals surface area contributed by atoms with Crippen molar-refractivity contribution in [3.05, 3.63) is 0 Å². The zero-order valence-electron chi connectivity index (χ0n) is 1.84. The van der Waals surface area contributed by atoms with Crippen LogP contribution in [-0.2, 0) is 48.1 Å². The van der Waals surface area contributed by atoms with Crippen molar-refractivity contribution in [2.24, 2.45) is 0 Å². The summed E-state index contributed by atoms with van der Waals surface area (Å²) in [7, 11) is 0. The number of carbonyl (C=O) groups excluding carboxylic acids is 1. The van der Waals surface area contributed by atoms with Gasteiger partial charge in [0.25, 0.3) is 0 Å². The van der Waals surface area contributed by atoms with Crippen LogP contribution in [0.1, 0.15) is 0 Å². The minimum absolute atomic E-state index is 0. The van der Waals surface area contributed by atoms with Gasteiger partial charge in [-0.05, 0) is 0 Å². The van der Waals surface area contributed by atoms with E-state index in [1.54, 1.807) is 0 Å². The van der Waals surface area contributed by atoms with E-state index >= 15 is 0 Å². The number of hydrogen-bond donors (Lipinski definition) is 0. The van der Waals surface area contributed by atoms with Crippen LogP contribution in [0.4, 0.5) is 0 Å². The van der Waals surface area contributed by atoms with E-state index < -0.39 is 0 Å². The average molecular weight is 176 g/mol. The normalized spacial score (nSPS) is 1.00. The van der Waals surface area contributed by atoms with Crippen molar-refractivity contribution in [3.63, 3.8) is 0 Å². The largest absolute Gasteiger partial charge is 0.545 e. The van der Waals surface area contributed by atoms with Gasteiger partial charge in [0.2, 0.25) is 0 Å². The van der Waals surface area contributed by atoms with E-state index in [1.165, 1.54) is 0 Å². The predicted octanol–water partition coefficient (Wildman–Crippen LogP) is -0.279. The predicted molar refractivity (Wildman–Crippen MR) is 6.75 cm³/mol. The van der Waals surface area contributed by atoms with Crippen molar-refractivity contribution in [3.8, 4) is 0 Å². The maximum atomic E-state index is 7.75. The van der Waals surface area contributed by atoms with E-state index in [1.807, 2.05) is 0 Å². The van der Waals surface area contributed by atoms with Gasteiger partial charge in [0.05, 0.1) is 0 Å². The third kappa shape index (κ3) is 11.5. The van der Waals surface area contributed by atoms with E-state index in [9.17, 15) is 0 Å². The smallest absolute Gasteiger partial charge is 0 e. The molecule has 0 spiro atoms. The quantitative estimate of drug-likeness (QED) is 0.282. The van der Waals surface area contributed by atoms with E-state index in [0.717, 1.165) is 0 Å². The molecule has 0 atom stereocenters. The maximum absolute atomic E-state index is 7.75. The summed E-state index contributed by atoms with van der Waals surface area (Å²) in [5, 5.41) is 0. The first kappa shape index (κ1) is 19.6. The molecule has 0 saturated carbocycles. The second-order valence-electron chi connectivity index (χ2n) is 0. The Hall–Kier alpha value is 1.07. The molecule has 0 aliphatic heterocycles. The third-order valence-electron chi connectivity index (χ3n) is 0. The van der Waals surface area contributed by atoms with Crippen LogP contribution in [0.25, 0.3) is 0 Å². The van der Waals surface area contributed by atoms with Crippen molar-refractivity contribution in [2.45, 2.75) is 0 Å². The molecule has 0 saturated heterocycles. The summed E-state index contributed by atoms with van der Waals surface area (Å²) in [5.41, 5.74) is 0. The Balaban J connectivity index is -0.00000000500. The number of hydrogen-bond acceptors (Lipinski definition) is 1. The van der Waals surface area contributed by atoms with Gasteiger partial charge >= 0.3 is 0 Å². The van der Waals surface area contributed by atoms with E-state index in [-0.39, 0.29) is 43.3 Å². The molecule has 0 aromatic heterocycles. The molecular weight excluding hydrogens is 175 g/mol. The van der Waals surface area contributed by atoms with Crippen molar-refractivity contribution >= 4 is 6.79 Å². The van der Waals surface area contributed by atoms with Crippen molar-refractivity contribution in [1.29, 1.82) is 0 Å². The molecule has 0 rings (SSSR count). The first-order valence-corrected chi connectivity index (χ1v) is 0.236. The molecule has 0 unspecified atom stereocenters. The van der Waals surface area contributed by atoms with Crippen LogP contribution in [-0.4, -0.2) is 6.79 Å². The minimum atomic E-state index is 0. The molecule has 0 aromatic rings. The summed E-state index contributed by atoms with van der Waals surface area (Å²) in [6, 6.07) is 0. The summed E-state index contributed by atoms with van der Waals surface area (Å²) < 4.78 is 0. The van der Waals surface area contributed by atoms with Gasteiger partial charge in [0, 0.05) is 43.3 Å². The SMILES string of the molecule is [CH-]=O.[Fe].[Zr]. The van der Waals surface area contributed by atoms with Crippen molar-refractivity contribution in [1.82, 2.24) is 0 Å². The average Bonchev–Trinajstić information content (AvgIpc) is 1.00. The van der Waals surface area contributed by atoms with Crippen LogP contribution in [0, 0.1) is 0 Å². The molecule has 3 heteroatoms. The van der Waals surface area contributed by atoms with Crippen LogP contribution in [0.15, 0.2) is 0 Å². The fraction of sp³-hybridized carbons (Fsp3) is 0. The Morgan fingerprint density at radius 3 is 1.25 bits per heavy atom. The monoisotopic (exact) mass is 175 g/mol. The van der Waals surface area contributed by atoms with Crippen molar-refractivity contribution < 1.29 is 48.1 Å². The summed E-state index contributed by atoms with van der Waals surface area (Å²) in [6.07, 6.45) is 0. The molecule has 24 valence electrons. The molecule has 0 fully saturated rings. The van der Waals surface area contributed by atoms with Gasteiger partial charge in [-0.2, -0.15) is 0 Å². The van der Waals surface area contributed by atoms with Crippen LogP contribution in [0.2, 0.25) is 0 Å². The Bertz CT molecular complexity index is 8.00. The van der Waals surface area contributed by atoms with Gasteiger partial charge in [-0.15, -0.1) is 0 Å². The molecule has 4 heavy (non-hydrogen) atoms. The first-order valence-electron chi connectivity index (χ1n) is 0.236. The third-order valence-corrected chi connectivity index (χ3v) is 0. The van der Waals surface area contributed by atoms with Gasteiger partial charge in [-0.3, -0.25) is 6.79 Å². The Morgan fingerprint density at radius 1 is 1.25 bits per heavy atom. The van der Waals surface area contributed by atoms with E-state index in [2.05, 4.69) is 6.79 Å². The van der Waals surface area contributed by atoms with Crippen LogP contribution < -0.4 is 0 Å². The molecule has 0 aliphatic carbocycles. The summed E-state index contributed by atoms with van der Waals surface area (Å²) in [6.45, 7) is 3.25. The molecule has 0 aliphatic rings. The maximum Gasteiger partial charge on any atom is 0 e. The summed E-state index contributed by atoms with van der Waals surface area (Å²) >= 11 is 0. The first-order chi connectivity index (χ1) is 1.00. The summed E-state index contributed by atoms with van der Waals surface area (Å²) in [4.78, 5) is 7.75. The van der Waals surface area contributed by atoms with Gasteiger partial charge in [-0.25, -0.2) is 0 Å². The zero-order chi connectivity index (χ0) is 2.00. The molecule has 0 amide bonds. The fourth-order valence-corrected chi connectivity index (χ4v) is 0. The Morgan fingerprint density at radius 2 is 1.25 bits per heavy atom. The van der Waals surface area contributed by atoms with Crippen LogP contribution >= 0.6 is 0 Å². The molecule has 0 bridgehead atoms.